The number of hydrogen-bond acceptors (Lipinski definition) is 2. The van der Waals surface area contributed by atoms with Crippen molar-refractivity contribution in [1.29, 1.82) is 0 Å². The van der Waals surface area contributed by atoms with E-state index < -0.39 is 0 Å². The summed E-state index contributed by atoms with van der Waals surface area (Å²) in [7, 11) is 0. The first-order chi connectivity index (χ1) is 5.89. The lowest BCUT2D eigenvalue weighted by molar-refractivity contribution is -0.115. The lowest BCUT2D eigenvalue weighted by atomic mass is 9.89. The van der Waals surface area contributed by atoms with E-state index in [4.69, 9.17) is 0 Å². The van der Waals surface area contributed by atoms with Gasteiger partial charge in [-0.2, -0.15) is 0 Å². The molecule has 3 heteroatoms. The molecule has 13 heavy (non-hydrogen) atoms. The summed E-state index contributed by atoms with van der Waals surface area (Å²) >= 11 is 2.39. The first-order valence-corrected chi connectivity index (χ1v) is 5.87. The van der Waals surface area contributed by atoms with E-state index in [1.165, 1.54) is 0 Å². The molecule has 0 saturated heterocycles. The smallest absolute Gasteiger partial charge is 0.127 e. The molecule has 0 heterocycles. The van der Waals surface area contributed by atoms with Crippen LogP contribution in [0, 0.1) is 5.41 Å². The highest BCUT2D eigenvalue weighted by Gasteiger charge is 2.25. The van der Waals surface area contributed by atoms with E-state index in [1.807, 2.05) is 13.8 Å². The number of rotatable bonds is 6. The zero-order valence-electron chi connectivity index (χ0n) is 8.98. The standard InChI is InChI=1S/C10H20INO/c1-5-9(3,8-13)7-12-10(4,11)6-2/h8,12H,5-7H2,1-4H3. The molecule has 0 fully saturated rings. The molecule has 0 aromatic heterocycles. The highest BCUT2D eigenvalue weighted by Crippen LogP contribution is 2.22. The van der Waals surface area contributed by atoms with Gasteiger partial charge in [0.2, 0.25) is 0 Å². The van der Waals surface area contributed by atoms with Gasteiger partial charge >= 0.3 is 0 Å². The van der Waals surface area contributed by atoms with Crippen molar-refractivity contribution in [3.8, 4) is 0 Å². The van der Waals surface area contributed by atoms with Crippen molar-refractivity contribution in [2.75, 3.05) is 6.54 Å². The SMILES string of the molecule is CCC(C)(C=O)CNC(C)(I)CC. The maximum atomic E-state index is 10.8. The molecular weight excluding hydrogens is 277 g/mol. The van der Waals surface area contributed by atoms with Crippen LogP contribution in [-0.4, -0.2) is 16.4 Å². The Kier molecular flexibility index (Phi) is 5.44. The average Bonchev–Trinajstić information content (AvgIpc) is 2.14. The maximum Gasteiger partial charge on any atom is 0.127 e. The second-order valence-corrected chi connectivity index (χ2v) is 6.41. The summed E-state index contributed by atoms with van der Waals surface area (Å²) < 4.78 is 0.108. The van der Waals surface area contributed by atoms with Crippen LogP contribution in [0.4, 0.5) is 0 Å². The molecule has 78 valence electrons. The Morgan fingerprint density at radius 3 is 2.15 bits per heavy atom. The van der Waals surface area contributed by atoms with Gasteiger partial charge in [-0.25, -0.2) is 0 Å². The number of aldehydes is 1. The topological polar surface area (TPSA) is 29.1 Å². The summed E-state index contributed by atoms with van der Waals surface area (Å²) in [6, 6.07) is 0. The minimum absolute atomic E-state index is 0.108. The van der Waals surface area contributed by atoms with Crippen LogP contribution >= 0.6 is 22.6 Å². The summed E-state index contributed by atoms with van der Waals surface area (Å²) in [5.74, 6) is 0. The Balaban J connectivity index is 4.06. The Hall–Kier alpha value is 0.360. The van der Waals surface area contributed by atoms with E-state index in [0.29, 0.717) is 0 Å². The van der Waals surface area contributed by atoms with Gasteiger partial charge in [-0.1, -0.05) is 43.4 Å². The Morgan fingerprint density at radius 1 is 1.31 bits per heavy atom. The molecular formula is C10H20INO. The first kappa shape index (κ1) is 13.4. The molecule has 0 spiro atoms. The second kappa shape index (κ2) is 5.29. The Labute approximate surface area is 95.0 Å². The van der Waals surface area contributed by atoms with Crippen LogP contribution in [-0.2, 0) is 4.79 Å². The fourth-order valence-corrected chi connectivity index (χ4v) is 0.952. The molecule has 0 aliphatic carbocycles. The highest BCUT2D eigenvalue weighted by atomic mass is 127. The molecule has 0 bridgehead atoms. The lowest BCUT2D eigenvalue weighted by Crippen LogP contribution is -2.42. The predicted molar refractivity (Wildman–Crippen MR) is 65.2 cm³/mol. The highest BCUT2D eigenvalue weighted by molar-refractivity contribution is 14.1. The maximum absolute atomic E-state index is 10.8. The van der Waals surface area contributed by atoms with E-state index in [2.05, 4.69) is 41.8 Å². The number of halogens is 1. The molecule has 0 radical (unpaired) electrons. The van der Waals surface area contributed by atoms with Crippen molar-refractivity contribution < 1.29 is 4.79 Å². The third-order valence-corrected chi connectivity index (χ3v) is 3.76. The molecule has 2 unspecified atom stereocenters. The third kappa shape index (κ3) is 4.96. The minimum atomic E-state index is -0.207. The summed E-state index contributed by atoms with van der Waals surface area (Å²) in [5.41, 5.74) is -0.207. The fourth-order valence-electron chi connectivity index (χ4n) is 0.761. The van der Waals surface area contributed by atoms with Gasteiger partial charge in [0.25, 0.3) is 0 Å². The Morgan fingerprint density at radius 2 is 1.85 bits per heavy atom. The van der Waals surface area contributed by atoms with E-state index in [9.17, 15) is 4.79 Å². The number of carbonyl (C=O) groups is 1. The summed E-state index contributed by atoms with van der Waals surface area (Å²) in [6.07, 6.45) is 3.01. The number of hydrogen-bond donors (Lipinski definition) is 1. The number of nitrogens with one attached hydrogen (secondary N) is 1. The largest absolute Gasteiger partial charge is 0.303 e. The van der Waals surface area contributed by atoms with Crippen molar-refractivity contribution in [3.05, 3.63) is 0 Å². The third-order valence-electron chi connectivity index (χ3n) is 2.62. The van der Waals surface area contributed by atoms with Crippen molar-refractivity contribution in [2.24, 2.45) is 5.41 Å². The van der Waals surface area contributed by atoms with Gasteiger partial charge in [0.15, 0.2) is 0 Å². The van der Waals surface area contributed by atoms with Crippen LogP contribution in [0.15, 0.2) is 0 Å². The minimum Gasteiger partial charge on any atom is -0.303 e. The monoisotopic (exact) mass is 297 g/mol. The zero-order chi connectivity index (χ0) is 10.5. The first-order valence-electron chi connectivity index (χ1n) is 4.79. The summed E-state index contributed by atoms with van der Waals surface area (Å²) in [4.78, 5) is 10.8. The molecule has 0 aliphatic rings. The van der Waals surface area contributed by atoms with Crippen molar-refractivity contribution >= 4 is 28.9 Å². The zero-order valence-corrected chi connectivity index (χ0v) is 11.1. The van der Waals surface area contributed by atoms with Gasteiger partial charge in [0.1, 0.15) is 6.29 Å². The van der Waals surface area contributed by atoms with Crippen LogP contribution < -0.4 is 5.32 Å². The molecule has 2 nitrogen and oxygen atoms in total. The quantitative estimate of drug-likeness (QED) is 0.353. The number of carbonyl (C=O) groups excluding carboxylic acids is 1. The molecule has 1 N–H and O–H groups in total. The average molecular weight is 297 g/mol. The van der Waals surface area contributed by atoms with Gasteiger partial charge in [-0.3, -0.25) is 0 Å². The van der Waals surface area contributed by atoms with Gasteiger partial charge in [0, 0.05) is 12.0 Å². The van der Waals surface area contributed by atoms with Gasteiger partial charge in [-0.15, -0.1) is 0 Å². The Bertz CT molecular complexity index is 170. The number of alkyl halides is 1. The predicted octanol–water partition coefficient (Wildman–Crippen LogP) is 2.75. The van der Waals surface area contributed by atoms with E-state index in [0.717, 1.165) is 25.7 Å². The van der Waals surface area contributed by atoms with Crippen molar-refractivity contribution in [3.63, 3.8) is 0 Å². The van der Waals surface area contributed by atoms with Gasteiger partial charge in [-0.05, 0) is 19.8 Å². The summed E-state index contributed by atoms with van der Waals surface area (Å²) in [6.45, 7) is 9.10. The fraction of sp³-hybridized carbons (Fsp3) is 0.900. The van der Waals surface area contributed by atoms with Crippen LogP contribution in [0.2, 0.25) is 0 Å². The summed E-state index contributed by atoms with van der Waals surface area (Å²) in [5, 5.41) is 3.41. The van der Waals surface area contributed by atoms with E-state index in [-0.39, 0.29) is 8.96 Å². The van der Waals surface area contributed by atoms with Crippen LogP contribution in [0.25, 0.3) is 0 Å². The van der Waals surface area contributed by atoms with Crippen LogP contribution in [0.1, 0.15) is 40.5 Å². The molecule has 0 amide bonds. The van der Waals surface area contributed by atoms with E-state index >= 15 is 0 Å². The van der Waals surface area contributed by atoms with Crippen molar-refractivity contribution in [1.82, 2.24) is 5.32 Å². The van der Waals surface area contributed by atoms with E-state index in [1.54, 1.807) is 0 Å². The molecule has 0 aromatic rings. The van der Waals surface area contributed by atoms with Crippen LogP contribution in [0.3, 0.4) is 0 Å². The van der Waals surface area contributed by atoms with Gasteiger partial charge < -0.3 is 10.1 Å². The lowest BCUT2D eigenvalue weighted by Gasteiger charge is -2.29. The van der Waals surface area contributed by atoms with Crippen molar-refractivity contribution in [2.45, 2.75) is 44.1 Å². The normalized spacial score (nSPS) is 20.4. The second-order valence-electron chi connectivity index (χ2n) is 4.03. The molecule has 2 atom stereocenters. The molecule has 0 aromatic carbocycles. The molecule has 0 rings (SSSR count). The molecule has 0 aliphatic heterocycles. The van der Waals surface area contributed by atoms with Gasteiger partial charge in [0.05, 0.1) is 3.55 Å². The molecule has 0 saturated carbocycles. The van der Waals surface area contributed by atoms with Crippen LogP contribution in [0.5, 0.6) is 0 Å².